The molecule has 21 heavy (non-hydrogen) atoms. The van der Waals surface area contributed by atoms with E-state index in [2.05, 4.69) is 0 Å². The Kier molecular flexibility index (Phi) is 5.92. The van der Waals surface area contributed by atoms with Gasteiger partial charge in [-0.05, 0) is 75.1 Å². The summed E-state index contributed by atoms with van der Waals surface area (Å²) in [7, 11) is 0.509. The molecule has 0 aromatic heterocycles. The predicted molar refractivity (Wildman–Crippen MR) is 90.8 cm³/mol. The summed E-state index contributed by atoms with van der Waals surface area (Å²) in [5.74, 6) is 0. The Morgan fingerprint density at radius 2 is 1.05 bits per heavy atom. The van der Waals surface area contributed by atoms with Crippen LogP contribution in [0.3, 0.4) is 0 Å². The molecule has 3 saturated carbocycles. The van der Waals surface area contributed by atoms with E-state index in [1.54, 1.807) is 0 Å². The van der Waals surface area contributed by atoms with Gasteiger partial charge in [0.25, 0.3) is 0 Å². The van der Waals surface area contributed by atoms with Gasteiger partial charge in [0.2, 0.25) is 0 Å². The molecule has 0 aromatic rings. The fourth-order valence-electron chi connectivity index (χ4n) is 4.83. The number of aliphatic hydroxyl groups is 2. The van der Waals surface area contributed by atoms with E-state index in [1.165, 1.54) is 64.2 Å². The lowest BCUT2D eigenvalue weighted by molar-refractivity contribution is -0.00721. The topological polar surface area (TPSA) is 40.5 Å². The van der Waals surface area contributed by atoms with Gasteiger partial charge in [-0.1, -0.05) is 12.8 Å². The molecule has 0 saturated heterocycles. The summed E-state index contributed by atoms with van der Waals surface area (Å²) in [6.45, 7) is 0. The molecule has 0 spiro atoms. The van der Waals surface area contributed by atoms with Crippen molar-refractivity contribution in [3.05, 3.63) is 0 Å². The molecule has 2 N–H and O–H groups in total. The minimum atomic E-state index is -0.454. The molecule has 0 amide bonds. The molecule has 3 atom stereocenters. The van der Waals surface area contributed by atoms with Crippen LogP contribution in [0.2, 0.25) is 0 Å². The lowest BCUT2D eigenvalue weighted by Crippen LogP contribution is -2.47. The van der Waals surface area contributed by atoms with Crippen molar-refractivity contribution in [2.45, 2.75) is 111 Å². The largest absolute Gasteiger partial charge is 0.390 e. The summed E-state index contributed by atoms with van der Waals surface area (Å²) in [6.07, 6.45) is 16.3. The van der Waals surface area contributed by atoms with Crippen LogP contribution in [0.25, 0.3) is 0 Å². The Morgan fingerprint density at radius 3 is 1.52 bits per heavy atom. The van der Waals surface area contributed by atoms with Crippen LogP contribution in [-0.4, -0.2) is 38.2 Å². The number of rotatable bonds is 3. The number of aliphatic hydroxyl groups excluding tert-OH is 2. The molecule has 122 valence electrons. The molecular weight excluding hydrogens is 280 g/mol. The summed E-state index contributed by atoms with van der Waals surface area (Å²) in [4.78, 5) is 0. The van der Waals surface area contributed by atoms with Gasteiger partial charge in [0.05, 0.1) is 12.2 Å². The van der Waals surface area contributed by atoms with E-state index in [4.69, 9.17) is 0 Å². The van der Waals surface area contributed by atoms with Crippen molar-refractivity contribution >= 4 is 10.9 Å². The lowest BCUT2D eigenvalue weighted by atomic mass is 9.94. The van der Waals surface area contributed by atoms with E-state index >= 15 is 0 Å². The first-order valence-electron chi connectivity index (χ1n) is 9.32. The van der Waals surface area contributed by atoms with Gasteiger partial charge in [-0.25, -0.2) is 0 Å². The maximum atomic E-state index is 10.1. The molecule has 3 aliphatic carbocycles. The molecule has 3 rings (SSSR count). The molecule has 0 bridgehead atoms. The molecule has 0 radical (unpaired) electrons. The zero-order valence-corrected chi connectivity index (χ0v) is 14.2. The predicted octanol–water partition coefficient (Wildman–Crippen LogP) is 3.54. The van der Waals surface area contributed by atoms with Gasteiger partial charge in [-0.15, -0.1) is 0 Å². The van der Waals surface area contributed by atoms with Gasteiger partial charge in [-0.2, -0.15) is 0 Å². The Hall–Kier alpha value is 0.270. The van der Waals surface area contributed by atoms with Gasteiger partial charge in [-0.3, -0.25) is 0 Å². The summed E-state index contributed by atoms with van der Waals surface area (Å²) in [6, 6.07) is 0. The van der Waals surface area contributed by atoms with Gasteiger partial charge >= 0.3 is 0 Å². The van der Waals surface area contributed by atoms with Crippen molar-refractivity contribution in [1.82, 2.24) is 0 Å². The zero-order valence-electron chi connectivity index (χ0n) is 13.4. The standard InChI is InChI=1S/C18H33O2S/c19-17-12-11-16(13-18(17)20)21(14-7-3-1-4-8-14)15-9-5-2-6-10-15/h14-20H,1-13H2/q+1. The lowest BCUT2D eigenvalue weighted by Gasteiger charge is -2.38. The van der Waals surface area contributed by atoms with Gasteiger partial charge in [0.15, 0.2) is 0 Å². The zero-order chi connectivity index (χ0) is 14.7. The summed E-state index contributed by atoms with van der Waals surface area (Å²) in [5.41, 5.74) is 0. The highest BCUT2D eigenvalue weighted by Gasteiger charge is 2.47. The van der Waals surface area contributed by atoms with E-state index < -0.39 is 12.2 Å². The first-order chi connectivity index (χ1) is 10.3. The Labute approximate surface area is 133 Å². The van der Waals surface area contributed by atoms with Gasteiger partial charge < -0.3 is 10.2 Å². The van der Waals surface area contributed by atoms with Crippen molar-refractivity contribution in [2.24, 2.45) is 0 Å². The second-order valence-electron chi connectivity index (χ2n) is 7.50. The van der Waals surface area contributed by atoms with Crippen molar-refractivity contribution in [1.29, 1.82) is 0 Å². The van der Waals surface area contributed by atoms with E-state index in [-0.39, 0.29) is 0 Å². The molecule has 0 aromatic carbocycles. The van der Waals surface area contributed by atoms with Crippen LogP contribution in [0.15, 0.2) is 0 Å². The third-order valence-corrected chi connectivity index (χ3v) is 9.67. The van der Waals surface area contributed by atoms with E-state index in [0.29, 0.717) is 16.1 Å². The molecule has 3 fully saturated rings. The van der Waals surface area contributed by atoms with E-state index in [9.17, 15) is 10.2 Å². The maximum absolute atomic E-state index is 10.1. The SMILES string of the molecule is OC1CCC([S+](C2CCCCC2)C2CCCCC2)CC1O. The van der Waals surface area contributed by atoms with Crippen LogP contribution < -0.4 is 0 Å². The van der Waals surface area contributed by atoms with Crippen LogP contribution in [0.1, 0.15) is 83.5 Å². The van der Waals surface area contributed by atoms with Crippen molar-refractivity contribution in [2.75, 3.05) is 0 Å². The highest BCUT2D eigenvalue weighted by atomic mass is 32.2. The second-order valence-corrected chi connectivity index (χ2v) is 10.3. The second kappa shape index (κ2) is 7.70. The smallest absolute Gasteiger partial charge is 0.121 e. The molecule has 3 aliphatic rings. The van der Waals surface area contributed by atoms with Crippen molar-refractivity contribution < 1.29 is 10.2 Å². The summed E-state index contributed by atoms with van der Waals surface area (Å²) < 4.78 is 0. The molecule has 0 heterocycles. The Balaban J connectivity index is 1.71. The molecule has 0 aliphatic heterocycles. The average molecular weight is 314 g/mol. The highest BCUT2D eigenvalue weighted by molar-refractivity contribution is 7.98. The molecule has 3 unspecified atom stereocenters. The fraction of sp³-hybridized carbons (Fsp3) is 1.00. The van der Waals surface area contributed by atoms with Crippen LogP contribution in [-0.2, 0) is 10.9 Å². The minimum absolute atomic E-state index is 0.453. The fourth-order valence-corrected chi connectivity index (χ4v) is 9.05. The molecular formula is C18H33O2S+. The van der Waals surface area contributed by atoms with Crippen LogP contribution in [0, 0.1) is 0 Å². The van der Waals surface area contributed by atoms with Crippen LogP contribution in [0.4, 0.5) is 0 Å². The highest BCUT2D eigenvalue weighted by Crippen LogP contribution is 2.40. The van der Waals surface area contributed by atoms with Crippen molar-refractivity contribution in [3.63, 3.8) is 0 Å². The third kappa shape index (κ3) is 3.97. The summed E-state index contributed by atoms with van der Waals surface area (Å²) in [5, 5.41) is 22.6. The molecule has 2 nitrogen and oxygen atoms in total. The van der Waals surface area contributed by atoms with Crippen molar-refractivity contribution in [3.8, 4) is 0 Å². The number of hydrogen-bond donors (Lipinski definition) is 2. The van der Waals surface area contributed by atoms with Gasteiger partial charge in [0, 0.05) is 6.42 Å². The monoisotopic (exact) mass is 313 g/mol. The van der Waals surface area contributed by atoms with E-state index in [1.807, 2.05) is 0 Å². The first kappa shape index (κ1) is 16.1. The molecule has 3 heteroatoms. The minimum Gasteiger partial charge on any atom is -0.390 e. The normalized spacial score (nSPS) is 37.0. The maximum Gasteiger partial charge on any atom is 0.121 e. The Bertz CT molecular complexity index is 292. The van der Waals surface area contributed by atoms with Crippen LogP contribution >= 0.6 is 0 Å². The average Bonchev–Trinajstić information content (AvgIpc) is 2.53. The Morgan fingerprint density at radius 1 is 0.524 bits per heavy atom. The van der Waals surface area contributed by atoms with Crippen LogP contribution in [0.5, 0.6) is 0 Å². The van der Waals surface area contributed by atoms with Gasteiger partial charge in [0.1, 0.15) is 15.7 Å². The first-order valence-corrected chi connectivity index (χ1v) is 10.7. The van der Waals surface area contributed by atoms with E-state index in [0.717, 1.165) is 29.8 Å². The third-order valence-electron chi connectivity index (χ3n) is 5.99. The number of hydrogen-bond acceptors (Lipinski definition) is 2. The summed E-state index contributed by atoms with van der Waals surface area (Å²) >= 11 is 0. The quantitative estimate of drug-likeness (QED) is 0.782.